The predicted molar refractivity (Wildman–Crippen MR) is 112 cm³/mol. The first-order valence-electron chi connectivity index (χ1n) is 9.43. The molecule has 28 heavy (non-hydrogen) atoms. The second kappa shape index (κ2) is 8.05. The lowest BCUT2D eigenvalue weighted by atomic mass is 10.1. The number of rotatable bonds is 7. The fourth-order valence-corrected chi connectivity index (χ4v) is 5.00. The van der Waals surface area contributed by atoms with Gasteiger partial charge in [0.2, 0.25) is 11.0 Å². The van der Waals surface area contributed by atoms with Gasteiger partial charge in [-0.05, 0) is 36.5 Å². The van der Waals surface area contributed by atoms with Gasteiger partial charge in [0.15, 0.2) is 4.34 Å². The van der Waals surface area contributed by atoms with E-state index in [1.54, 1.807) is 11.0 Å². The number of hydrogen-bond donors (Lipinski definition) is 0. The maximum Gasteiger partial charge on any atom is 0.336 e. The van der Waals surface area contributed by atoms with Crippen molar-refractivity contribution in [2.45, 2.75) is 55.7 Å². The molecule has 1 aliphatic rings. The van der Waals surface area contributed by atoms with E-state index in [9.17, 15) is 9.59 Å². The molecule has 146 valence electrons. The highest BCUT2D eigenvalue weighted by molar-refractivity contribution is 8.00. The van der Waals surface area contributed by atoms with Crippen molar-refractivity contribution in [3.05, 3.63) is 45.8 Å². The van der Waals surface area contributed by atoms with Gasteiger partial charge >= 0.3 is 5.63 Å². The summed E-state index contributed by atoms with van der Waals surface area (Å²) in [6.45, 7) is 3.94. The summed E-state index contributed by atoms with van der Waals surface area (Å²) in [5, 5.41) is 10.1. The highest BCUT2D eigenvalue weighted by Gasteiger charge is 2.35. The van der Waals surface area contributed by atoms with E-state index in [1.807, 2.05) is 19.1 Å². The van der Waals surface area contributed by atoms with Crippen molar-refractivity contribution in [1.82, 2.24) is 10.2 Å². The Kier molecular flexibility index (Phi) is 5.50. The number of carbonyl (C=O) groups is 1. The number of carbonyl (C=O) groups excluding carboxylic acids is 1. The van der Waals surface area contributed by atoms with Gasteiger partial charge in [0.1, 0.15) is 5.58 Å². The van der Waals surface area contributed by atoms with Crippen LogP contribution in [0, 0.1) is 0 Å². The average Bonchev–Trinajstić information content (AvgIpc) is 3.42. The maximum absolute atomic E-state index is 12.2. The molecule has 8 heteroatoms. The molecule has 0 saturated heterocycles. The summed E-state index contributed by atoms with van der Waals surface area (Å²) in [7, 11) is 0. The fourth-order valence-electron chi connectivity index (χ4n) is 3.08. The summed E-state index contributed by atoms with van der Waals surface area (Å²) >= 11 is 2.96. The van der Waals surface area contributed by atoms with E-state index in [2.05, 4.69) is 23.2 Å². The van der Waals surface area contributed by atoms with Gasteiger partial charge in [-0.3, -0.25) is 9.69 Å². The number of thioether (sulfide) groups is 1. The molecule has 0 unspecified atom stereocenters. The number of fused-ring (bicyclic) bond motifs is 1. The molecule has 1 saturated carbocycles. The van der Waals surface area contributed by atoms with E-state index < -0.39 is 0 Å². The van der Waals surface area contributed by atoms with Gasteiger partial charge in [-0.1, -0.05) is 49.1 Å². The molecule has 0 radical (unpaired) electrons. The van der Waals surface area contributed by atoms with Crippen LogP contribution in [0.1, 0.15) is 44.2 Å². The van der Waals surface area contributed by atoms with Crippen LogP contribution in [0.25, 0.3) is 11.0 Å². The minimum absolute atomic E-state index is 0.0913. The number of nitrogens with zero attached hydrogens (tertiary/aromatic N) is 3. The topological polar surface area (TPSA) is 76.3 Å². The van der Waals surface area contributed by atoms with Crippen LogP contribution in [0.3, 0.4) is 0 Å². The second-order valence-corrected chi connectivity index (χ2v) is 8.94. The van der Waals surface area contributed by atoms with Crippen molar-refractivity contribution in [3.63, 3.8) is 0 Å². The fraction of sp³-hybridized carbons (Fsp3) is 0.400. The Morgan fingerprint density at radius 1 is 1.29 bits per heavy atom. The SMILES string of the molecule is CCC(=O)N(c1nnc(SCc2cc(=O)oc3cc(CC)ccc23)s1)C1CC1. The summed E-state index contributed by atoms with van der Waals surface area (Å²) in [6, 6.07) is 7.81. The molecule has 4 rings (SSSR count). The van der Waals surface area contributed by atoms with Gasteiger partial charge in [-0.25, -0.2) is 4.79 Å². The van der Waals surface area contributed by atoms with Crippen molar-refractivity contribution < 1.29 is 9.21 Å². The Hall–Kier alpha value is -2.19. The van der Waals surface area contributed by atoms with Gasteiger partial charge in [-0.15, -0.1) is 10.2 Å². The number of anilines is 1. The summed E-state index contributed by atoms with van der Waals surface area (Å²) in [5.74, 6) is 0.682. The summed E-state index contributed by atoms with van der Waals surface area (Å²) < 4.78 is 6.16. The molecular formula is C20H21N3O3S2. The van der Waals surface area contributed by atoms with Crippen LogP contribution in [-0.2, 0) is 17.0 Å². The lowest BCUT2D eigenvalue weighted by Crippen LogP contribution is -2.32. The Morgan fingerprint density at radius 3 is 2.82 bits per heavy atom. The summed E-state index contributed by atoms with van der Waals surface area (Å²) in [6.07, 6.45) is 3.41. The molecule has 1 fully saturated rings. The molecule has 2 aromatic heterocycles. The monoisotopic (exact) mass is 415 g/mol. The lowest BCUT2D eigenvalue weighted by Gasteiger charge is -2.17. The predicted octanol–water partition coefficient (Wildman–Crippen LogP) is 4.40. The minimum Gasteiger partial charge on any atom is -0.423 e. The van der Waals surface area contributed by atoms with Crippen LogP contribution < -0.4 is 10.5 Å². The van der Waals surface area contributed by atoms with Crippen LogP contribution in [0.4, 0.5) is 5.13 Å². The van der Waals surface area contributed by atoms with Crippen LogP contribution in [0.5, 0.6) is 0 Å². The molecule has 1 aromatic carbocycles. The maximum atomic E-state index is 12.2. The normalized spacial score (nSPS) is 13.8. The van der Waals surface area contributed by atoms with E-state index in [-0.39, 0.29) is 17.6 Å². The molecule has 0 atom stereocenters. The summed E-state index contributed by atoms with van der Waals surface area (Å²) in [4.78, 5) is 26.0. The average molecular weight is 416 g/mol. The molecule has 1 amide bonds. The Balaban J connectivity index is 1.54. The lowest BCUT2D eigenvalue weighted by molar-refractivity contribution is -0.118. The van der Waals surface area contributed by atoms with Crippen molar-refractivity contribution >= 4 is 45.1 Å². The van der Waals surface area contributed by atoms with E-state index in [0.29, 0.717) is 22.9 Å². The first kappa shape index (κ1) is 19.1. The second-order valence-electron chi connectivity index (χ2n) is 6.76. The van der Waals surface area contributed by atoms with Crippen molar-refractivity contribution in [2.24, 2.45) is 0 Å². The highest BCUT2D eigenvalue weighted by atomic mass is 32.2. The van der Waals surface area contributed by atoms with Crippen molar-refractivity contribution in [1.29, 1.82) is 0 Å². The minimum atomic E-state index is -0.345. The van der Waals surface area contributed by atoms with Gasteiger partial charge in [-0.2, -0.15) is 0 Å². The molecule has 0 spiro atoms. The van der Waals surface area contributed by atoms with Gasteiger partial charge in [0.25, 0.3) is 0 Å². The van der Waals surface area contributed by atoms with Crippen LogP contribution in [0.2, 0.25) is 0 Å². The van der Waals surface area contributed by atoms with E-state index >= 15 is 0 Å². The Labute approximate surface area is 171 Å². The number of aryl methyl sites for hydroxylation is 1. The first-order valence-corrected chi connectivity index (χ1v) is 11.2. The molecule has 2 heterocycles. The number of amides is 1. The zero-order chi connectivity index (χ0) is 19.7. The standard InChI is InChI=1S/C20H21N3O3S2/c1-3-12-5-8-15-13(10-18(25)26-16(15)9-12)11-27-20-22-21-19(28-20)23(14-6-7-14)17(24)4-2/h5,8-10,14H,3-4,6-7,11H2,1-2H3. The van der Waals surface area contributed by atoms with Crippen LogP contribution >= 0.6 is 23.1 Å². The first-order chi connectivity index (χ1) is 13.6. The molecule has 0 N–H and O–H groups in total. The van der Waals surface area contributed by atoms with E-state index in [4.69, 9.17) is 4.42 Å². The molecule has 3 aromatic rings. The molecule has 6 nitrogen and oxygen atoms in total. The largest absolute Gasteiger partial charge is 0.423 e. The highest BCUT2D eigenvalue weighted by Crippen LogP contribution is 2.37. The van der Waals surface area contributed by atoms with E-state index in [1.165, 1.54) is 23.1 Å². The Morgan fingerprint density at radius 2 is 2.11 bits per heavy atom. The quantitative estimate of drug-likeness (QED) is 0.323. The zero-order valence-electron chi connectivity index (χ0n) is 15.8. The van der Waals surface area contributed by atoms with Gasteiger partial charge in [0.05, 0.1) is 0 Å². The van der Waals surface area contributed by atoms with Crippen LogP contribution in [0.15, 0.2) is 37.8 Å². The van der Waals surface area contributed by atoms with Crippen LogP contribution in [-0.4, -0.2) is 22.1 Å². The zero-order valence-corrected chi connectivity index (χ0v) is 17.4. The van der Waals surface area contributed by atoms with Crippen molar-refractivity contribution in [3.8, 4) is 0 Å². The van der Waals surface area contributed by atoms with Gasteiger partial charge < -0.3 is 4.42 Å². The molecule has 0 aliphatic heterocycles. The van der Waals surface area contributed by atoms with Crippen molar-refractivity contribution in [2.75, 3.05) is 4.90 Å². The molecule has 0 bridgehead atoms. The number of aromatic nitrogens is 2. The third-order valence-corrected chi connectivity index (χ3v) is 6.84. The summed E-state index contributed by atoms with van der Waals surface area (Å²) in [5.41, 5.74) is 2.32. The van der Waals surface area contributed by atoms with E-state index in [0.717, 1.165) is 40.1 Å². The number of benzene rings is 1. The third-order valence-electron chi connectivity index (χ3n) is 4.74. The smallest absolute Gasteiger partial charge is 0.336 e. The number of hydrogen-bond acceptors (Lipinski definition) is 7. The third kappa shape index (κ3) is 3.98. The molecular weight excluding hydrogens is 394 g/mol. The Bertz CT molecular complexity index is 1070. The van der Waals surface area contributed by atoms with Gasteiger partial charge in [0, 0.05) is 29.7 Å². The molecule has 1 aliphatic carbocycles.